The van der Waals surface area contributed by atoms with Gasteiger partial charge in [-0.25, -0.2) is 0 Å². The maximum Gasteiger partial charge on any atom is 0.0260 e. The van der Waals surface area contributed by atoms with E-state index in [0.29, 0.717) is 0 Å². The van der Waals surface area contributed by atoms with Crippen molar-refractivity contribution in [2.24, 2.45) is 17.3 Å². The summed E-state index contributed by atoms with van der Waals surface area (Å²) in [5, 5.41) is 0. The van der Waals surface area contributed by atoms with E-state index < -0.39 is 0 Å². The monoisotopic (exact) mass is 194 g/mol. The summed E-state index contributed by atoms with van der Waals surface area (Å²) >= 11 is 0. The Labute approximate surface area is 90.5 Å². The minimum atomic E-state index is 0.200. The van der Waals surface area contributed by atoms with Crippen molar-refractivity contribution in [1.29, 1.82) is 0 Å². The van der Waals surface area contributed by atoms with Gasteiger partial charge in [-0.2, -0.15) is 0 Å². The van der Waals surface area contributed by atoms with Gasteiger partial charge in [0.1, 0.15) is 0 Å². The van der Waals surface area contributed by atoms with Crippen LogP contribution in [0.25, 0.3) is 0 Å². The third kappa shape index (κ3) is 8.17. The fraction of sp³-hybridized carbons (Fsp3) is 0.857. The summed E-state index contributed by atoms with van der Waals surface area (Å²) in [6.45, 7) is 13.5. The lowest BCUT2D eigenvalue weighted by Gasteiger charge is -2.19. The van der Waals surface area contributed by atoms with E-state index in [2.05, 4.69) is 53.4 Å². The molecule has 0 saturated carbocycles. The molecular weight excluding hydrogens is 168 g/mol. The van der Waals surface area contributed by atoms with Gasteiger partial charge in [-0.1, -0.05) is 33.6 Å². The molecule has 0 saturated heterocycles. The molecule has 82 valence electrons. The smallest absolute Gasteiger partial charge is 0.0260 e. The number of hydrogen-bond acceptors (Lipinski definition) is 0. The van der Waals surface area contributed by atoms with Gasteiger partial charge in [0.2, 0.25) is 0 Å². The van der Waals surface area contributed by atoms with Crippen molar-refractivity contribution in [3.05, 3.63) is 0 Å². The first kappa shape index (κ1) is 13.6. The predicted octanol–water partition coefficient (Wildman–Crippen LogP) is 4.50. The average Bonchev–Trinajstić information content (AvgIpc) is 1.95. The van der Waals surface area contributed by atoms with Gasteiger partial charge in [-0.15, -0.1) is 5.92 Å². The van der Waals surface area contributed by atoms with Crippen LogP contribution in [0.15, 0.2) is 0 Å². The van der Waals surface area contributed by atoms with Crippen LogP contribution >= 0.6 is 0 Å². The minimum absolute atomic E-state index is 0.200. The molecule has 0 aromatic heterocycles. The van der Waals surface area contributed by atoms with Crippen LogP contribution in [0.4, 0.5) is 0 Å². The van der Waals surface area contributed by atoms with Gasteiger partial charge in [-0.05, 0) is 38.5 Å². The Kier molecular flexibility index (Phi) is 5.93. The largest absolute Gasteiger partial charge is 0.103 e. The van der Waals surface area contributed by atoms with Crippen LogP contribution in [0.5, 0.6) is 0 Å². The summed E-state index contributed by atoms with van der Waals surface area (Å²) in [7, 11) is 0. The maximum absolute atomic E-state index is 3.40. The van der Waals surface area contributed by atoms with E-state index in [1.807, 2.05) is 0 Å². The van der Waals surface area contributed by atoms with E-state index in [1.54, 1.807) is 0 Å². The van der Waals surface area contributed by atoms with Crippen LogP contribution in [0.2, 0.25) is 0 Å². The summed E-state index contributed by atoms with van der Waals surface area (Å²) in [6.07, 6.45) is 3.48. The lowest BCUT2D eigenvalue weighted by atomic mass is 9.84. The third-order valence-corrected chi connectivity index (χ3v) is 2.19. The fourth-order valence-electron chi connectivity index (χ4n) is 1.73. The molecule has 0 amide bonds. The molecule has 0 fully saturated rings. The SMILES string of the molecule is CC(C)CCC#CC(C)(C)CC(C)C. The molecule has 0 aliphatic heterocycles. The molecule has 0 bridgehead atoms. The van der Waals surface area contributed by atoms with Crippen molar-refractivity contribution in [3.8, 4) is 11.8 Å². The molecule has 0 N–H and O–H groups in total. The van der Waals surface area contributed by atoms with Gasteiger partial charge in [0.05, 0.1) is 0 Å². The molecule has 14 heavy (non-hydrogen) atoms. The Bertz CT molecular complexity index is 198. The molecule has 0 atom stereocenters. The number of rotatable bonds is 4. The second-order valence-corrected chi connectivity index (χ2v) is 5.72. The molecule has 0 rings (SSSR count). The molecule has 0 unspecified atom stereocenters. The first-order chi connectivity index (χ1) is 6.33. The molecule has 0 radical (unpaired) electrons. The zero-order valence-electron chi connectivity index (χ0n) is 10.8. The Balaban J connectivity index is 3.93. The second kappa shape index (κ2) is 6.12. The molecular formula is C14H26. The van der Waals surface area contributed by atoms with E-state index in [-0.39, 0.29) is 5.41 Å². The van der Waals surface area contributed by atoms with Gasteiger partial charge in [0, 0.05) is 11.8 Å². The van der Waals surface area contributed by atoms with Crippen LogP contribution in [-0.2, 0) is 0 Å². The van der Waals surface area contributed by atoms with E-state index >= 15 is 0 Å². The summed E-state index contributed by atoms with van der Waals surface area (Å²) in [5.41, 5.74) is 0.200. The Morgan fingerprint density at radius 3 is 2.00 bits per heavy atom. The van der Waals surface area contributed by atoms with Crippen LogP contribution in [0.1, 0.15) is 60.8 Å². The molecule has 0 nitrogen and oxygen atoms in total. The van der Waals surface area contributed by atoms with E-state index in [1.165, 1.54) is 12.8 Å². The molecule has 0 aliphatic carbocycles. The molecule has 0 aromatic rings. The van der Waals surface area contributed by atoms with Gasteiger partial charge in [0.15, 0.2) is 0 Å². The highest BCUT2D eigenvalue weighted by Crippen LogP contribution is 2.24. The van der Waals surface area contributed by atoms with Crippen molar-refractivity contribution < 1.29 is 0 Å². The normalized spacial score (nSPS) is 11.7. The third-order valence-electron chi connectivity index (χ3n) is 2.19. The predicted molar refractivity (Wildman–Crippen MR) is 65.1 cm³/mol. The van der Waals surface area contributed by atoms with Crippen LogP contribution in [0, 0.1) is 29.1 Å². The summed E-state index contributed by atoms with van der Waals surface area (Å²) in [4.78, 5) is 0. The summed E-state index contributed by atoms with van der Waals surface area (Å²) < 4.78 is 0. The fourth-order valence-corrected chi connectivity index (χ4v) is 1.73. The highest BCUT2D eigenvalue weighted by atomic mass is 14.2. The standard InChI is InChI=1S/C14H26/c1-12(2)9-7-8-10-14(5,6)11-13(3)4/h12-13H,7,9,11H2,1-6H3. The van der Waals surface area contributed by atoms with Crippen molar-refractivity contribution in [2.45, 2.75) is 60.8 Å². The molecule has 0 heteroatoms. The van der Waals surface area contributed by atoms with Gasteiger partial charge in [0.25, 0.3) is 0 Å². The van der Waals surface area contributed by atoms with Gasteiger partial charge >= 0.3 is 0 Å². The lowest BCUT2D eigenvalue weighted by molar-refractivity contribution is 0.381. The first-order valence-electron chi connectivity index (χ1n) is 5.83. The Morgan fingerprint density at radius 2 is 1.57 bits per heavy atom. The lowest BCUT2D eigenvalue weighted by Crippen LogP contribution is -2.11. The van der Waals surface area contributed by atoms with E-state index in [9.17, 15) is 0 Å². The first-order valence-corrected chi connectivity index (χ1v) is 5.83. The van der Waals surface area contributed by atoms with E-state index in [0.717, 1.165) is 18.3 Å². The van der Waals surface area contributed by atoms with Crippen molar-refractivity contribution in [2.75, 3.05) is 0 Å². The second-order valence-electron chi connectivity index (χ2n) is 5.72. The highest BCUT2D eigenvalue weighted by Gasteiger charge is 2.15. The van der Waals surface area contributed by atoms with Crippen molar-refractivity contribution in [3.63, 3.8) is 0 Å². The number of hydrogen-bond donors (Lipinski definition) is 0. The molecule has 0 aromatic carbocycles. The molecule has 0 aliphatic rings. The molecule has 0 spiro atoms. The van der Waals surface area contributed by atoms with Crippen molar-refractivity contribution in [1.82, 2.24) is 0 Å². The van der Waals surface area contributed by atoms with Crippen LogP contribution in [-0.4, -0.2) is 0 Å². The van der Waals surface area contributed by atoms with Crippen molar-refractivity contribution >= 4 is 0 Å². The Morgan fingerprint density at radius 1 is 1.00 bits per heavy atom. The molecule has 0 heterocycles. The minimum Gasteiger partial charge on any atom is -0.103 e. The zero-order valence-corrected chi connectivity index (χ0v) is 10.8. The zero-order chi connectivity index (χ0) is 11.2. The average molecular weight is 194 g/mol. The van der Waals surface area contributed by atoms with E-state index in [4.69, 9.17) is 0 Å². The Hall–Kier alpha value is -0.440. The highest BCUT2D eigenvalue weighted by molar-refractivity contribution is 5.08. The summed E-state index contributed by atoms with van der Waals surface area (Å²) in [5.74, 6) is 8.22. The van der Waals surface area contributed by atoms with Gasteiger partial charge in [-0.3, -0.25) is 0 Å². The van der Waals surface area contributed by atoms with Crippen LogP contribution in [0.3, 0.4) is 0 Å². The topological polar surface area (TPSA) is 0 Å². The maximum atomic E-state index is 3.40. The quantitative estimate of drug-likeness (QED) is 0.578. The summed E-state index contributed by atoms with van der Waals surface area (Å²) in [6, 6.07) is 0. The van der Waals surface area contributed by atoms with Crippen LogP contribution < -0.4 is 0 Å². The van der Waals surface area contributed by atoms with Gasteiger partial charge < -0.3 is 0 Å².